The summed E-state index contributed by atoms with van der Waals surface area (Å²) in [5, 5.41) is 6.73. The lowest BCUT2D eigenvalue weighted by atomic mass is 10.2. The smallest absolute Gasteiger partial charge is 0.161 e. The van der Waals surface area contributed by atoms with Crippen LogP contribution in [0.2, 0.25) is 0 Å². The van der Waals surface area contributed by atoms with Gasteiger partial charge in [-0.25, -0.2) is 9.97 Å². The van der Waals surface area contributed by atoms with Crippen LogP contribution in [-0.4, -0.2) is 33.7 Å². The molecule has 2 aromatic heterocycles. The van der Waals surface area contributed by atoms with E-state index in [0.29, 0.717) is 6.04 Å². The number of aromatic nitrogens is 3. The Bertz CT molecular complexity index is 515. The summed E-state index contributed by atoms with van der Waals surface area (Å²) in [6.07, 6.45) is 5.53. The van der Waals surface area contributed by atoms with Crippen LogP contribution in [0.3, 0.4) is 0 Å². The van der Waals surface area contributed by atoms with Crippen LogP contribution in [0.1, 0.15) is 5.82 Å². The lowest BCUT2D eigenvalue weighted by Crippen LogP contribution is -2.51. The molecule has 1 fully saturated rings. The number of aryl methyl sites for hydroxylation is 1. The summed E-state index contributed by atoms with van der Waals surface area (Å²) < 4.78 is 1.99. The zero-order chi connectivity index (χ0) is 11.7. The van der Waals surface area contributed by atoms with Gasteiger partial charge in [-0.1, -0.05) is 0 Å². The molecule has 0 aromatic carbocycles. The zero-order valence-corrected chi connectivity index (χ0v) is 9.72. The zero-order valence-electron chi connectivity index (χ0n) is 9.72. The summed E-state index contributed by atoms with van der Waals surface area (Å²) >= 11 is 0. The molecule has 17 heavy (non-hydrogen) atoms. The minimum absolute atomic E-state index is 0.502. The van der Waals surface area contributed by atoms with Crippen molar-refractivity contribution in [3.05, 3.63) is 36.5 Å². The number of nitrogens with one attached hydrogen (secondary N) is 2. The highest BCUT2D eigenvalue weighted by atomic mass is 15.2. The van der Waals surface area contributed by atoms with Gasteiger partial charge in [-0.05, 0) is 19.1 Å². The van der Waals surface area contributed by atoms with Crippen LogP contribution >= 0.6 is 0 Å². The van der Waals surface area contributed by atoms with Gasteiger partial charge >= 0.3 is 0 Å². The van der Waals surface area contributed by atoms with E-state index in [0.717, 1.165) is 30.4 Å². The van der Waals surface area contributed by atoms with Crippen LogP contribution in [0.15, 0.2) is 30.7 Å². The number of imidazole rings is 1. The van der Waals surface area contributed by atoms with Crippen molar-refractivity contribution in [3.63, 3.8) is 0 Å². The largest absolute Gasteiger partial charge is 0.377 e. The standard InChI is InChI=1S/C12H15N5/c1-9-14-5-6-17(9)12-11(3-2-4-15-12)16-10-7-13-8-10/h2-6,10,13,16H,7-8H2,1H3. The average molecular weight is 229 g/mol. The lowest BCUT2D eigenvalue weighted by Gasteiger charge is -2.29. The average Bonchev–Trinajstić information content (AvgIpc) is 2.70. The van der Waals surface area contributed by atoms with E-state index < -0.39 is 0 Å². The number of pyridine rings is 1. The van der Waals surface area contributed by atoms with Crippen molar-refractivity contribution >= 4 is 5.69 Å². The molecule has 0 atom stereocenters. The van der Waals surface area contributed by atoms with E-state index in [1.165, 1.54) is 0 Å². The SMILES string of the molecule is Cc1nccn1-c1ncccc1NC1CNC1. The maximum Gasteiger partial charge on any atom is 0.161 e. The van der Waals surface area contributed by atoms with Gasteiger partial charge in [-0.15, -0.1) is 0 Å². The molecule has 88 valence electrons. The maximum atomic E-state index is 4.43. The van der Waals surface area contributed by atoms with Crippen LogP contribution in [0.25, 0.3) is 5.82 Å². The third kappa shape index (κ3) is 1.89. The molecule has 1 saturated heterocycles. The molecular weight excluding hydrogens is 214 g/mol. The van der Waals surface area contributed by atoms with Gasteiger partial charge in [0.05, 0.1) is 11.7 Å². The molecule has 0 aliphatic carbocycles. The van der Waals surface area contributed by atoms with Crippen molar-refractivity contribution in [2.75, 3.05) is 18.4 Å². The Morgan fingerprint density at radius 1 is 1.35 bits per heavy atom. The monoisotopic (exact) mass is 229 g/mol. The fraction of sp³-hybridized carbons (Fsp3) is 0.333. The molecule has 5 heteroatoms. The molecule has 0 amide bonds. The minimum Gasteiger partial charge on any atom is -0.377 e. The van der Waals surface area contributed by atoms with E-state index in [1.807, 2.05) is 23.8 Å². The first kappa shape index (κ1) is 10.3. The molecule has 3 rings (SSSR count). The number of hydrogen-bond donors (Lipinski definition) is 2. The number of anilines is 1. The first-order chi connectivity index (χ1) is 8.34. The molecule has 0 unspecified atom stereocenters. The topological polar surface area (TPSA) is 54.8 Å². The van der Waals surface area contributed by atoms with Gasteiger partial charge in [0.25, 0.3) is 0 Å². The highest BCUT2D eigenvalue weighted by Gasteiger charge is 2.18. The van der Waals surface area contributed by atoms with E-state index >= 15 is 0 Å². The van der Waals surface area contributed by atoms with Crippen molar-refractivity contribution in [1.29, 1.82) is 0 Å². The minimum atomic E-state index is 0.502. The van der Waals surface area contributed by atoms with Crippen LogP contribution < -0.4 is 10.6 Å². The van der Waals surface area contributed by atoms with Crippen LogP contribution in [-0.2, 0) is 0 Å². The van der Waals surface area contributed by atoms with Gasteiger partial charge in [0.15, 0.2) is 5.82 Å². The fourth-order valence-electron chi connectivity index (χ4n) is 1.91. The molecule has 5 nitrogen and oxygen atoms in total. The maximum absolute atomic E-state index is 4.43. The van der Waals surface area contributed by atoms with E-state index in [9.17, 15) is 0 Å². The molecule has 3 heterocycles. The Labute approximate surface area is 99.9 Å². The predicted molar refractivity (Wildman–Crippen MR) is 66.4 cm³/mol. The number of hydrogen-bond acceptors (Lipinski definition) is 4. The number of rotatable bonds is 3. The molecular formula is C12H15N5. The van der Waals surface area contributed by atoms with Crippen molar-refractivity contribution in [2.24, 2.45) is 0 Å². The Morgan fingerprint density at radius 2 is 2.24 bits per heavy atom. The molecule has 2 N–H and O–H groups in total. The van der Waals surface area contributed by atoms with Gasteiger partial charge in [-0.3, -0.25) is 4.57 Å². The second kappa shape index (κ2) is 4.18. The Kier molecular flexibility index (Phi) is 2.53. The van der Waals surface area contributed by atoms with Crippen molar-refractivity contribution in [1.82, 2.24) is 19.9 Å². The summed E-state index contributed by atoms with van der Waals surface area (Å²) in [5.41, 5.74) is 1.06. The predicted octanol–water partition coefficient (Wildman–Crippen LogP) is 0.959. The highest BCUT2D eigenvalue weighted by Crippen LogP contribution is 2.19. The highest BCUT2D eigenvalue weighted by molar-refractivity contribution is 5.58. The van der Waals surface area contributed by atoms with Gasteiger partial charge in [0, 0.05) is 31.7 Å². The quantitative estimate of drug-likeness (QED) is 0.823. The van der Waals surface area contributed by atoms with Crippen molar-refractivity contribution < 1.29 is 0 Å². The molecule has 1 aliphatic rings. The third-order valence-electron chi connectivity index (χ3n) is 2.98. The van der Waals surface area contributed by atoms with Gasteiger partial charge < -0.3 is 10.6 Å². The number of nitrogens with zero attached hydrogens (tertiary/aromatic N) is 3. The Balaban J connectivity index is 1.95. The van der Waals surface area contributed by atoms with Crippen LogP contribution in [0, 0.1) is 6.92 Å². The molecule has 0 bridgehead atoms. The Morgan fingerprint density at radius 3 is 2.88 bits per heavy atom. The summed E-state index contributed by atoms with van der Waals surface area (Å²) in [6.45, 7) is 4.00. The van der Waals surface area contributed by atoms with E-state index in [1.54, 1.807) is 12.4 Å². The van der Waals surface area contributed by atoms with Gasteiger partial charge in [0.1, 0.15) is 5.82 Å². The van der Waals surface area contributed by atoms with E-state index in [4.69, 9.17) is 0 Å². The van der Waals surface area contributed by atoms with Gasteiger partial charge in [-0.2, -0.15) is 0 Å². The summed E-state index contributed by atoms with van der Waals surface area (Å²) in [6, 6.07) is 4.51. The Hall–Kier alpha value is -1.88. The first-order valence-electron chi connectivity index (χ1n) is 5.77. The normalized spacial score (nSPS) is 15.6. The van der Waals surface area contributed by atoms with Crippen LogP contribution in [0.4, 0.5) is 5.69 Å². The van der Waals surface area contributed by atoms with Crippen molar-refractivity contribution in [2.45, 2.75) is 13.0 Å². The molecule has 2 aromatic rings. The second-order valence-corrected chi connectivity index (χ2v) is 4.22. The summed E-state index contributed by atoms with van der Waals surface area (Å²) in [4.78, 5) is 8.66. The molecule has 0 spiro atoms. The summed E-state index contributed by atoms with van der Waals surface area (Å²) in [5.74, 6) is 1.85. The summed E-state index contributed by atoms with van der Waals surface area (Å²) in [7, 11) is 0. The van der Waals surface area contributed by atoms with Gasteiger partial charge in [0.2, 0.25) is 0 Å². The second-order valence-electron chi connectivity index (χ2n) is 4.22. The van der Waals surface area contributed by atoms with E-state index in [-0.39, 0.29) is 0 Å². The lowest BCUT2D eigenvalue weighted by molar-refractivity contribution is 0.472. The fourth-order valence-corrected chi connectivity index (χ4v) is 1.91. The van der Waals surface area contributed by atoms with Crippen LogP contribution in [0.5, 0.6) is 0 Å². The first-order valence-corrected chi connectivity index (χ1v) is 5.77. The third-order valence-corrected chi connectivity index (χ3v) is 2.98. The molecule has 0 radical (unpaired) electrons. The molecule has 1 aliphatic heterocycles. The van der Waals surface area contributed by atoms with E-state index in [2.05, 4.69) is 26.7 Å². The molecule has 0 saturated carbocycles. The van der Waals surface area contributed by atoms with Crippen molar-refractivity contribution in [3.8, 4) is 5.82 Å².